The first-order valence-corrected chi connectivity index (χ1v) is 4.32. The molecule has 0 spiro atoms. The second kappa shape index (κ2) is 4.72. The third-order valence-electron chi connectivity index (χ3n) is 2.10. The molecule has 1 aliphatic rings. The predicted octanol–water partition coefficient (Wildman–Crippen LogP) is 1.61. The number of rotatable bonds is 6. The summed E-state index contributed by atoms with van der Waals surface area (Å²) in [5, 5.41) is 2.93. The molecule has 0 saturated heterocycles. The van der Waals surface area contributed by atoms with E-state index in [1.807, 2.05) is 7.05 Å². The van der Waals surface area contributed by atoms with Gasteiger partial charge >= 0.3 is 6.61 Å². The second-order valence-corrected chi connectivity index (χ2v) is 3.16. The van der Waals surface area contributed by atoms with E-state index in [1.54, 1.807) is 0 Å². The summed E-state index contributed by atoms with van der Waals surface area (Å²) in [5.74, 6) is 0.382. The van der Waals surface area contributed by atoms with Crippen molar-refractivity contribution in [3.8, 4) is 0 Å². The maximum absolute atomic E-state index is 11.9. The fourth-order valence-corrected chi connectivity index (χ4v) is 1.30. The van der Waals surface area contributed by atoms with Crippen molar-refractivity contribution in [1.82, 2.24) is 5.32 Å². The lowest BCUT2D eigenvalue weighted by Gasteiger charge is -2.15. The van der Waals surface area contributed by atoms with Gasteiger partial charge in [-0.25, -0.2) is 0 Å². The molecule has 1 fully saturated rings. The smallest absolute Gasteiger partial charge is 0.320 e. The van der Waals surface area contributed by atoms with Gasteiger partial charge in [-0.3, -0.25) is 0 Å². The fraction of sp³-hybridized carbons (Fsp3) is 1.00. The maximum Gasteiger partial charge on any atom is 0.345 e. The molecule has 1 unspecified atom stereocenters. The van der Waals surface area contributed by atoms with Crippen LogP contribution in [0.15, 0.2) is 0 Å². The molecule has 0 aromatic rings. The Morgan fingerprint density at radius 1 is 1.50 bits per heavy atom. The Balaban J connectivity index is 2.18. The van der Waals surface area contributed by atoms with Crippen molar-refractivity contribution in [2.45, 2.75) is 32.0 Å². The summed E-state index contributed by atoms with van der Waals surface area (Å²) in [6.07, 6.45) is 2.53. The van der Waals surface area contributed by atoms with E-state index in [4.69, 9.17) is 0 Å². The van der Waals surface area contributed by atoms with Gasteiger partial charge in [-0.2, -0.15) is 8.78 Å². The minimum Gasteiger partial charge on any atom is -0.320 e. The molecular weight excluding hydrogens is 164 g/mol. The van der Waals surface area contributed by atoms with Crippen molar-refractivity contribution in [3.05, 3.63) is 0 Å². The van der Waals surface area contributed by atoms with E-state index >= 15 is 0 Å². The van der Waals surface area contributed by atoms with Gasteiger partial charge in [0.1, 0.15) is 0 Å². The zero-order chi connectivity index (χ0) is 8.97. The Bertz CT molecular complexity index is 128. The molecule has 0 aromatic heterocycles. The Morgan fingerprint density at radius 3 is 2.58 bits per heavy atom. The molecule has 0 bridgehead atoms. The molecule has 0 amide bonds. The van der Waals surface area contributed by atoms with Crippen LogP contribution in [0.2, 0.25) is 0 Å². The summed E-state index contributed by atoms with van der Waals surface area (Å²) in [4.78, 5) is 0. The van der Waals surface area contributed by atoms with E-state index in [1.165, 1.54) is 0 Å². The largest absolute Gasteiger partial charge is 0.345 e. The standard InChI is InChI=1S/C8H15F2NO/c1-11-5-4-7(6-2-3-6)12-8(9)10/h6-8,11H,2-5H2,1H3. The number of ether oxygens (including phenoxy) is 1. The first kappa shape index (κ1) is 9.86. The van der Waals surface area contributed by atoms with Gasteiger partial charge in [0.15, 0.2) is 0 Å². The Morgan fingerprint density at radius 2 is 2.17 bits per heavy atom. The summed E-state index contributed by atoms with van der Waals surface area (Å²) in [6.45, 7) is -1.87. The molecule has 0 aliphatic heterocycles. The summed E-state index contributed by atoms with van der Waals surface area (Å²) < 4.78 is 28.2. The molecule has 1 aliphatic carbocycles. The number of hydrogen-bond donors (Lipinski definition) is 1. The van der Waals surface area contributed by atoms with Crippen molar-refractivity contribution >= 4 is 0 Å². The summed E-state index contributed by atoms with van der Waals surface area (Å²) >= 11 is 0. The molecule has 12 heavy (non-hydrogen) atoms. The number of hydrogen-bond acceptors (Lipinski definition) is 2. The van der Waals surface area contributed by atoms with Crippen molar-refractivity contribution in [3.63, 3.8) is 0 Å². The predicted molar refractivity (Wildman–Crippen MR) is 42.1 cm³/mol. The number of halogens is 2. The third kappa shape index (κ3) is 3.45. The zero-order valence-electron chi connectivity index (χ0n) is 7.22. The van der Waals surface area contributed by atoms with Gasteiger partial charge in [0, 0.05) is 0 Å². The lowest BCUT2D eigenvalue weighted by atomic mass is 10.1. The van der Waals surface area contributed by atoms with Crippen molar-refractivity contribution in [2.24, 2.45) is 5.92 Å². The Kier molecular flexibility index (Phi) is 3.88. The highest BCUT2D eigenvalue weighted by atomic mass is 19.3. The van der Waals surface area contributed by atoms with E-state index in [9.17, 15) is 8.78 Å². The highest BCUT2D eigenvalue weighted by Gasteiger charge is 2.33. The zero-order valence-corrected chi connectivity index (χ0v) is 7.22. The quantitative estimate of drug-likeness (QED) is 0.669. The van der Waals surface area contributed by atoms with Gasteiger partial charge in [0.25, 0.3) is 0 Å². The molecule has 1 atom stereocenters. The van der Waals surface area contributed by atoms with E-state index in [2.05, 4.69) is 10.1 Å². The van der Waals surface area contributed by atoms with Crippen LogP contribution in [0, 0.1) is 5.92 Å². The van der Waals surface area contributed by atoms with Gasteiger partial charge in [0.05, 0.1) is 6.10 Å². The first-order valence-electron chi connectivity index (χ1n) is 4.32. The first-order chi connectivity index (χ1) is 5.74. The van der Waals surface area contributed by atoms with Gasteiger partial charge in [0.2, 0.25) is 0 Å². The van der Waals surface area contributed by atoms with Gasteiger partial charge < -0.3 is 10.1 Å². The van der Waals surface area contributed by atoms with Crippen LogP contribution in [-0.4, -0.2) is 26.3 Å². The minimum atomic E-state index is -2.62. The molecule has 0 heterocycles. The average Bonchev–Trinajstić information content (AvgIpc) is 2.79. The topological polar surface area (TPSA) is 21.3 Å². The lowest BCUT2D eigenvalue weighted by Crippen LogP contribution is -2.23. The Hall–Kier alpha value is -0.220. The normalized spacial score (nSPS) is 20.0. The SMILES string of the molecule is CNCCC(OC(F)F)C1CC1. The van der Waals surface area contributed by atoms with Crippen LogP contribution in [0.4, 0.5) is 8.78 Å². The van der Waals surface area contributed by atoms with Crippen LogP contribution >= 0.6 is 0 Å². The van der Waals surface area contributed by atoms with Gasteiger partial charge in [-0.15, -0.1) is 0 Å². The van der Waals surface area contributed by atoms with Gasteiger partial charge in [-0.1, -0.05) is 0 Å². The molecule has 0 aromatic carbocycles. The van der Waals surface area contributed by atoms with Crippen molar-refractivity contribution in [1.29, 1.82) is 0 Å². The summed E-state index contributed by atoms with van der Waals surface area (Å²) in [7, 11) is 1.81. The Labute approximate surface area is 71.3 Å². The molecule has 0 radical (unpaired) electrons. The van der Waals surface area contributed by atoms with E-state index in [-0.39, 0.29) is 6.10 Å². The van der Waals surface area contributed by atoms with E-state index in [0.717, 1.165) is 19.4 Å². The molecule has 72 valence electrons. The van der Waals surface area contributed by atoms with Crippen molar-refractivity contribution < 1.29 is 13.5 Å². The fourth-order valence-electron chi connectivity index (χ4n) is 1.30. The lowest BCUT2D eigenvalue weighted by molar-refractivity contribution is -0.169. The van der Waals surface area contributed by atoms with Crippen LogP contribution in [0.1, 0.15) is 19.3 Å². The summed E-state index contributed by atoms with van der Waals surface area (Å²) in [6, 6.07) is 0. The molecule has 4 heteroatoms. The molecule has 1 rings (SSSR count). The maximum atomic E-state index is 11.9. The molecular formula is C8H15F2NO. The molecule has 2 nitrogen and oxygen atoms in total. The second-order valence-electron chi connectivity index (χ2n) is 3.16. The highest BCUT2D eigenvalue weighted by Crippen LogP contribution is 2.36. The van der Waals surface area contributed by atoms with Crippen LogP contribution < -0.4 is 5.32 Å². The average molecular weight is 179 g/mol. The minimum absolute atomic E-state index is 0.238. The number of alkyl halides is 2. The van der Waals surface area contributed by atoms with E-state index < -0.39 is 6.61 Å². The van der Waals surface area contributed by atoms with Crippen LogP contribution in [0.25, 0.3) is 0 Å². The van der Waals surface area contributed by atoms with Gasteiger partial charge in [-0.05, 0) is 38.8 Å². The van der Waals surface area contributed by atoms with E-state index in [0.29, 0.717) is 12.3 Å². The van der Waals surface area contributed by atoms with Crippen LogP contribution in [-0.2, 0) is 4.74 Å². The van der Waals surface area contributed by atoms with Crippen LogP contribution in [0.5, 0.6) is 0 Å². The summed E-state index contributed by atoms with van der Waals surface area (Å²) in [5.41, 5.74) is 0. The number of nitrogens with one attached hydrogen (secondary N) is 1. The third-order valence-corrected chi connectivity index (χ3v) is 2.10. The molecule has 1 saturated carbocycles. The molecule has 1 N–H and O–H groups in total. The van der Waals surface area contributed by atoms with Crippen LogP contribution in [0.3, 0.4) is 0 Å². The monoisotopic (exact) mass is 179 g/mol. The van der Waals surface area contributed by atoms with Crippen molar-refractivity contribution in [2.75, 3.05) is 13.6 Å². The highest BCUT2D eigenvalue weighted by molar-refractivity contribution is 4.82.